The fourth-order valence-corrected chi connectivity index (χ4v) is 1.21. The molecule has 0 aliphatic carbocycles. The van der Waals surface area contributed by atoms with Crippen LogP contribution in [0.3, 0.4) is 0 Å². The molecule has 4 N–H and O–H groups in total. The highest BCUT2D eigenvalue weighted by atomic mass is 16.6. The molecule has 0 aromatic carbocycles. The summed E-state index contributed by atoms with van der Waals surface area (Å²) < 4.78 is 29.8. The maximum Gasteiger partial charge on any atom is 0.184 e. The van der Waals surface area contributed by atoms with Gasteiger partial charge in [-0.2, -0.15) is 0 Å². The van der Waals surface area contributed by atoms with Gasteiger partial charge in [0.2, 0.25) is 0 Å². The molecule has 6 nitrogen and oxygen atoms in total. The van der Waals surface area contributed by atoms with E-state index in [1.54, 1.807) is 0 Å². The van der Waals surface area contributed by atoms with Gasteiger partial charge in [-0.1, -0.05) is 0 Å². The number of aliphatic hydroxyl groups excluding tert-OH is 4. The van der Waals surface area contributed by atoms with Crippen LogP contribution < -0.4 is 0 Å². The number of hydrogen-bond donors (Lipinski definition) is 4. The van der Waals surface area contributed by atoms with Gasteiger partial charge in [0.05, 0.1) is 10.7 Å². The van der Waals surface area contributed by atoms with E-state index >= 15 is 0 Å². The van der Waals surface area contributed by atoms with E-state index < -0.39 is 44.4 Å². The van der Waals surface area contributed by atoms with E-state index in [1.165, 1.54) is 0 Å². The molecule has 13 heavy (non-hydrogen) atoms. The SMILES string of the molecule is [2H]C([2H])([2H])O[C@@H]1[C@H](O)[C@@H](O)C(O)O[C@@H]1CO. The first kappa shape index (κ1) is 7.10. The van der Waals surface area contributed by atoms with Crippen LogP contribution in [0.4, 0.5) is 0 Å². The molecule has 6 heteroatoms. The third-order valence-electron chi connectivity index (χ3n) is 1.98. The summed E-state index contributed by atoms with van der Waals surface area (Å²) >= 11 is 0. The quantitative estimate of drug-likeness (QED) is 0.388. The average molecular weight is 197 g/mol. The van der Waals surface area contributed by atoms with Crippen LogP contribution in [-0.4, -0.2) is 64.8 Å². The molecule has 1 aliphatic rings. The molecular weight excluding hydrogens is 180 g/mol. The Bertz CT molecular complexity index is 233. The zero-order valence-electron chi connectivity index (χ0n) is 9.70. The lowest BCUT2D eigenvalue weighted by Crippen LogP contribution is -2.59. The van der Waals surface area contributed by atoms with E-state index in [2.05, 4.69) is 4.74 Å². The molecule has 0 aromatic rings. The Kier molecular flexibility index (Phi) is 2.36. The van der Waals surface area contributed by atoms with Gasteiger partial charge in [-0.15, -0.1) is 0 Å². The Labute approximate surface area is 79.5 Å². The first-order chi connectivity index (χ1) is 7.26. The molecule has 1 heterocycles. The number of methoxy groups -OCH3 is 1. The molecule has 1 aliphatic heterocycles. The fraction of sp³-hybridized carbons (Fsp3) is 1.00. The van der Waals surface area contributed by atoms with E-state index in [-0.39, 0.29) is 0 Å². The molecule has 78 valence electrons. The van der Waals surface area contributed by atoms with Crippen LogP contribution in [0.2, 0.25) is 0 Å². The van der Waals surface area contributed by atoms with Gasteiger partial charge in [0, 0.05) is 7.04 Å². The van der Waals surface area contributed by atoms with Gasteiger partial charge in [0.25, 0.3) is 0 Å². The largest absolute Gasteiger partial charge is 0.394 e. The zero-order chi connectivity index (χ0) is 12.5. The van der Waals surface area contributed by atoms with Crippen molar-refractivity contribution in [1.82, 2.24) is 0 Å². The van der Waals surface area contributed by atoms with Gasteiger partial charge in [-0.25, -0.2) is 0 Å². The second kappa shape index (κ2) is 4.32. The van der Waals surface area contributed by atoms with Crippen molar-refractivity contribution in [3.05, 3.63) is 0 Å². The second-order valence-electron chi connectivity index (χ2n) is 2.81. The maximum absolute atomic E-state index is 9.50. The van der Waals surface area contributed by atoms with E-state index in [1.807, 2.05) is 0 Å². The standard InChI is InChI=1S/C7H14O6/c1-12-6-3(2-8)13-7(11)5(10)4(6)9/h3-11H,2H2,1H3/t3-,4-,5-,6+,7?/m1/s1/i1D3. The molecular formula is C7H14O6. The summed E-state index contributed by atoms with van der Waals surface area (Å²) in [6, 6.07) is 0. The van der Waals surface area contributed by atoms with Crippen molar-refractivity contribution in [2.24, 2.45) is 0 Å². The third kappa shape index (κ3) is 1.98. The van der Waals surface area contributed by atoms with Crippen LogP contribution in [0.5, 0.6) is 0 Å². The van der Waals surface area contributed by atoms with Crippen LogP contribution in [0, 0.1) is 0 Å². The van der Waals surface area contributed by atoms with Crippen LogP contribution in [0.25, 0.3) is 0 Å². The van der Waals surface area contributed by atoms with Gasteiger partial charge < -0.3 is 29.9 Å². The molecule has 1 rings (SSSR count). The minimum atomic E-state index is -2.80. The van der Waals surface area contributed by atoms with Crippen LogP contribution >= 0.6 is 0 Å². The number of ether oxygens (including phenoxy) is 2. The highest BCUT2D eigenvalue weighted by molar-refractivity contribution is 4.89. The summed E-state index contributed by atoms with van der Waals surface area (Å²) in [5.41, 5.74) is 0. The zero-order valence-corrected chi connectivity index (χ0v) is 6.70. The van der Waals surface area contributed by atoms with E-state index in [4.69, 9.17) is 19.1 Å². The molecule has 5 atom stereocenters. The Morgan fingerprint density at radius 3 is 2.62 bits per heavy atom. The van der Waals surface area contributed by atoms with E-state index in [0.717, 1.165) is 0 Å². The molecule has 1 saturated heterocycles. The second-order valence-corrected chi connectivity index (χ2v) is 2.81. The minimum absolute atomic E-state index is 0.651. The summed E-state index contributed by atoms with van der Waals surface area (Å²) in [5.74, 6) is 0. The van der Waals surface area contributed by atoms with Crippen molar-refractivity contribution in [2.45, 2.75) is 30.7 Å². The van der Waals surface area contributed by atoms with Crippen molar-refractivity contribution in [2.75, 3.05) is 13.6 Å². The van der Waals surface area contributed by atoms with Crippen molar-refractivity contribution in [3.63, 3.8) is 0 Å². The molecule has 1 unspecified atom stereocenters. The van der Waals surface area contributed by atoms with Gasteiger partial charge in [-0.05, 0) is 0 Å². The van der Waals surface area contributed by atoms with Crippen LogP contribution in [0.1, 0.15) is 4.11 Å². The predicted molar refractivity (Wildman–Crippen MR) is 40.8 cm³/mol. The van der Waals surface area contributed by atoms with Crippen molar-refractivity contribution >= 4 is 0 Å². The fourth-order valence-electron chi connectivity index (χ4n) is 1.21. The third-order valence-corrected chi connectivity index (χ3v) is 1.98. The Morgan fingerprint density at radius 1 is 1.38 bits per heavy atom. The first-order valence-corrected chi connectivity index (χ1v) is 3.74. The summed E-state index contributed by atoms with van der Waals surface area (Å²) in [6.45, 7) is -0.651. The molecule has 0 saturated carbocycles. The minimum Gasteiger partial charge on any atom is -0.394 e. The topological polar surface area (TPSA) is 99.4 Å². The molecule has 0 aromatic heterocycles. The molecule has 0 amide bonds. The Balaban J connectivity index is 2.77. The molecule has 0 spiro atoms. The van der Waals surface area contributed by atoms with E-state index in [9.17, 15) is 10.2 Å². The molecule has 0 radical (unpaired) electrons. The van der Waals surface area contributed by atoms with E-state index in [0.29, 0.717) is 0 Å². The summed E-state index contributed by atoms with van der Waals surface area (Å²) in [5, 5.41) is 36.8. The summed E-state index contributed by atoms with van der Waals surface area (Å²) in [6.07, 6.45) is -7.68. The van der Waals surface area contributed by atoms with Crippen LogP contribution in [-0.2, 0) is 9.47 Å². The number of hydrogen-bond acceptors (Lipinski definition) is 6. The normalized spacial score (nSPS) is 50.8. The van der Waals surface area contributed by atoms with Crippen molar-refractivity contribution in [1.29, 1.82) is 0 Å². The maximum atomic E-state index is 9.50. The lowest BCUT2D eigenvalue weighted by Gasteiger charge is -2.39. The summed E-state index contributed by atoms with van der Waals surface area (Å²) in [7, 11) is -2.80. The average Bonchev–Trinajstić information content (AvgIpc) is 2.17. The predicted octanol–water partition coefficient (Wildman–Crippen LogP) is -2.57. The number of rotatable bonds is 2. The van der Waals surface area contributed by atoms with Gasteiger partial charge in [0.15, 0.2) is 6.29 Å². The van der Waals surface area contributed by atoms with Crippen LogP contribution in [0.15, 0.2) is 0 Å². The van der Waals surface area contributed by atoms with Gasteiger partial charge in [-0.3, -0.25) is 0 Å². The van der Waals surface area contributed by atoms with Crippen molar-refractivity contribution < 1.29 is 34.0 Å². The number of aliphatic hydroxyl groups is 4. The Hall–Kier alpha value is -0.240. The smallest absolute Gasteiger partial charge is 0.184 e. The Morgan fingerprint density at radius 2 is 2.08 bits per heavy atom. The highest BCUT2D eigenvalue weighted by Gasteiger charge is 2.43. The molecule has 0 bridgehead atoms. The lowest BCUT2D eigenvalue weighted by atomic mass is 9.99. The van der Waals surface area contributed by atoms with Crippen molar-refractivity contribution in [3.8, 4) is 0 Å². The lowest BCUT2D eigenvalue weighted by molar-refractivity contribution is -0.290. The highest BCUT2D eigenvalue weighted by Crippen LogP contribution is 2.21. The monoisotopic (exact) mass is 197 g/mol. The summed E-state index contributed by atoms with van der Waals surface area (Å²) in [4.78, 5) is 0. The van der Waals surface area contributed by atoms with Gasteiger partial charge in [0.1, 0.15) is 24.4 Å². The molecule has 1 fully saturated rings. The van der Waals surface area contributed by atoms with Gasteiger partial charge >= 0.3 is 0 Å². The first-order valence-electron chi connectivity index (χ1n) is 5.24.